The summed E-state index contributed by atoms with van der Waals surface area (Å²) >= 11 is 0. The van der Waals surface area contributed by atoms with Gasteiger partial charge in [-0.1, -0.05) is 57.6 Å². The van der Waals surface area contributed by atoms with Crippen LogP contribution in [0.4, 0.5) is 0 Å². The molecule has 5 atom stereocenters. The van der Waals surface area contributed by atoms with Gasteiger partial charge in [-0.15, -0.1) is 0 Å². The van der Waals surface area contributed by atoms with E-state index in [9.17, 15) is 0 Å². The molecule has 3 saturated carbocycles. The predicted octanol–water partition coefficient (Wildman–Crippen LogP) is 7.00. The Labute approximate surface area is 144 Å². The molecule has 130 valence electrons. The Bertz CT molecular complexity index is 423. The lowest BCUT2D eigenvalue weighted by Gasteiger charge is -2.49. The maximum atomic E-state index is 2.76. The Kier molecular flexibility index (Phi) is 4.89. The smallest absolute Gasteiger partial charge is 0.0198 e. The molecule has 0 amide bonds. The molecule has 4 aliphatic carbocycles. The summed E-state index contributed by atoms with van der Waals surface area (Å²) in [6.07, 6.45) is 20.8. The van der Waals surface area contributed by atoms with Gasteiger partial charge in [0, 0.05) is 0 Å². The minimum Gasteiger partial charge on any atom is -0.0845 e. The Balaban J connectivity index is 1.52. The molecule has 0 heterocycles. The van der Waals surface area contributed by atoms with Crippen LogP contribution in [0.2, 0.25) is 0 Å². The topological polar surface area (TPSA) is 0 Å². The zero-order chi connectivity index (χ0) is 15.8. The van der Waals surface area contributed by atoms with Crippen LogP contribution >= 0.6 is 0 Å². The van der Waals surface area contributed by atoms with Crippen molar-refractivity contribution >= 4 is 0 Å². The molecule has 23 heavy (non-hydrogen) atoms. The Hall–Kier alpha value is -0.260. The van der Waals surface area contributed by atoms with Gasteiger partial charge in [0.1, 0.15) is 0 Å². The van der Waals surface area contributed by atoms with Crippen molar-refractivity contribution in [3.63, 3.8) is 0 Å². The van der Waals surface area contributed by atoms with E-state index in [4.69, 9.17) is 0 Å². The van der Waals surface area contributed by atoms with Crippen LogP contribution in [-0.4, -0.2) is 0 Å². The number of hydrogen-bond acceptors (Lipinski definition) is 0. The lowest BCUT2D eigenvalue weighted by Crippen LogP contribution is -2.41. The van der Waals surface area contributed by atoms with Crippen molar-refractivity contribution in [2.75, 3.05) is 0 Å². The molecule has 0 nitrogen and oxygen atoms in total. The number of rotatable bonds is 4. The van der Waals surface area contributed by atoms with E-state index in [2.05, 4.69) is 19.9 Å². The summed E-state index contributed by atoms with van der Waals surface area (Å²) in [6.45, 7) is 5.03. The molecule has 0 heteroatoms. The third-order valence-corrected chi connectivity index (χ3v) is 8.20. The van der Waals surface area contributed by atoms with E-state index < -0.39 is 0 Å². The van der Waals surface area contributed by atoms with Crippen LogP contribution in [0.25, 0.3) is 0 Å². The van der Waals surface area contributed by atoms with Crippen LogP contribution in [0.3, 0.4) is 0 Å². The molecule has 5 unspecified atom stereocenters. The first-order chi connectivity index (χ1) is 11.3. The molecule has 0 radical (unpaired) electrons. The van der Waals surface area contributed by atoms with Gasteiger partial charge in [0.2, 0.25) is 0 Å². The normalized spacial score (nSPS) is 42.2. The molecule has 0 spiro atoms. The van der Waals surface area contributed by atoms with Gasteiger partial charge in [-0.2, -0.15) is 0 Å². The van der Waals surface area contributed by atoms with Gasteiger partial charge in [-0.3, -0.25) is 0 Å². The van der Waals surface area contributed by atoms with Crippen LogP contribution in [0.15, 0.2) is 11.6 Å². The number of hydrogen-bond donors (Lipinski definition) is 0. The Morgan fingerprint density at radius 1 is 0.870 bits per heavy atom. The summed E-state index contributed by atoms with van der Waals surface area (Å²) in [6, 6.07) is 0. The highest BCUT2D eigenvalue weighted by Crippen LogP contribution is 2.56. The molecule has 0 saturated heterocycles. The number of fused-ring (bicyclic) bond motifs is 1. The summed E-state index contributed by atoms with van der Waals surface area (Å²) < 4.78 is 0. The molecule has 0 aromatic heterocycles. The SMILES string of the molecule is CCCC1C(C2CC2)CCC2C(C)C(C3CCCCC3)=CCC21. The summed E-state index contributed by atoms with van der Waals surface area (Å²) in [5.41, 5.74) is 1.91. The maximum Gasteiger partial charge on any atom is -0.0198 e. The molecule has 0 aromatic rings. The minimum absolute atomic E-state index is 0.899. The standard InChI is InChI=1S/C23H38/c1-3-7-22-21(18-10-11-18)14-13-20-16(2)19(12-15-23(20)22)17-8-5-4-6-9-17/h12,16-18,20-23H,3-11,13-15H2,1-2H3. The van der Waals surface area contributed by atoms with Gasteiger partial charge in [0.25, 0.3) is 0 Å². The molecule has 0 bridgehead atoms. The number of allylic oxidation sites excluding steroid dienone is 2. The summed E-state index contributed by atoms with van der Waals surface area (Å²) in [5.74, 6) is 7.24. The lowest BCUT2D eigenvalue weighted by atomic mass is 9.55. The second kappa shape index (κ2) is 6.93. The predicted molar refractivity (Wildman–Crippen MR) is 99.3 cm³/mol. The molecule has 0 aromatic carbocycles. The van der Waals surface area contributed by atoms with Gasteiger partial charge in [0.15, 0.2) is 0 Å². The van der Waals surface area contributed by atoms with Crippen LogP contribution in [0.5, 0.6) is 0 Å². The minimum atomic E-state index is 0.899. The van der Waals surface area contributed by atoms with E-state index in [0.717, 1.165) is 41.4 Å². The fourth-order valence-corrected chi connectivity index (χ4v) is 6.97. The first-order valence-electron chi connectivity index (χ1n) is 11.0. The molecular formula is C23H38. The van der Waals surface area contributed by atoms with Crippen molar-refractivity contribution in [1.29, 1.82) is 0 Å². The summed E-state index contributed by atoms with van der Waals surface area (Å²) in [7, 11) is 0. The second-order valence-electron chi connectivity index (χ2n) is 9.42. The van der Waals surface area contributed by atoms with Crippen LogP contribution in [0, 0.1) is 41.4 Å². The third kappa shape index (κ3) is 3.16. The van der Waals surface area contributed by atoms with Crippen molar-refractivity contribution in [3.8, 4) is 0 Å². The van der Waals surface area contributed by atoms with E-state index in [1.807, 2.05) is 5.57 Å². The summed E-state index contributed by atoms with van der Waals surface area (Å²) in [4.78, 5) is 0. The third-order valence-electron chi connectivity index (χ3n) is 8.20. The van der Waals surface area contributed by atoms with Crippen LogP contribution < -0.4 is 0 Å². The average Bonchev–Trinajstić information content (AvgIpc) is 3.42. The van der Waals surface area contributed by atoms with Gasteiger partial charge in [-0.25, -0.2) is 0 Å². The molecule has 0 aliphatic heterocycles. The largest absolute Gasteiger partial charge is 0.0845 e. The highest BCUT2D eigenvalue weighted by Gasteiger charge is 2.47. The fraction of sp³-hybridized carbons (Fsp3) is 0.913. The quantitative estimate of drug-likeness (QED) is 0.490. The van der Waals surface area contributed by atoms with Crippen molar-refractivity contribution in [3.05, 3.63) is 11.6 Å². The second-order valence-corrected chi connectivity index (χ2v) is 9.42. The maximum absolute atomic E-state index is 2.76. The molecule has 4 aliphatic rings. The van der Waals surface area contributed by atoms with Crippen molar-refractivity contribution in [2.45, 2.75) is 90.9 Å². The van der Waals surface area contributed by atoms with E-state index in [0.29, 0.717) is 0 Å². The highest BCUT2D eigenvalue weighted by atomic mass is 14.5. The van der Waals surface area contributed by atoms with Crippen molar-refractivity contribution in [1.82, 2.24) is 0 Å². The van der Waals surface area contributed by atoms with E-state index in [-0.39, 0.29) is 0 Å². The van der Waals surface area contributed by atoms with E-state index in [1.54, 1.807) is 25.7 Å². The lowest BCUT2D eigenvalue weighted by molar-refractivity contribution is 0.0392. The van der Waals surface area contributed by atoms with Gasteiger partial charge < -0.3 is 0 Å². The highest BCUT2D eigenvalue weighted by molar-refractivity contribution is 5.18. The molecule has 0 N–H and O–H groups in total. The van der Waals surface area contributed by atoms with Crippen molar-refractivity contribution in [2.24, 2.45) is 41.4 Å². The monoisotopic (exact) mass is 314 g/mol. The molecular weight excluding hydrogens is 276 g/mol. The zero-order valence-electron chi connectivity index (χ0n) is 15.6. The average molecular weight is 315 g/mol. The summed E-state index contributed by atoms with van der Waals surface area (Å²) in [5, 5.41) is 0. The Morgan fingerprint density at radius 2 is 1.61 bits per heavy atom. The van der Waals surface area contributed by atoms with Crippen molar-refractivity contribution < 1.29 is 0 Å². The van der Waals surface area contributed by atoms with E-state index >= 15 is 0 Å². The van der Waals surface area contributed by atoms with Gasteiger partial charge in [-0.05, 0) is 86.4 Å². The zero-order valence-corrected chi connectivity index (χ0v) is 15.6. The first kappa shape index (κ1) is 16.2. The van der Waals surface area contributed by atoms with E-state index in [1.165, 1.54) is 51.4 Å². The van der Waals surface area contributed by atoms with Gasteiger partial charge >= 0.3 is 0 Å². The molecule has 3 fully saturated rings. The van der Waals surface area contributed by atoms with Crippen LogP contribution in [-0.2, 0) is 0 Å². The van der Waals surface area contributed by atoms with Crippen LogP contribution in [0.1, 0.15) is 90.9 Å². The first-order valence-corrected chi connectivity index (χ1v) is 11.0. The molecule has 4 rings (SSSR count). The Morgan fingerprint density at radius 3 is 2.30 bits per heavy atom. The van der Waals surface area contributed by atoms with Gasteiger partial charge in [0.05, 0.1) is 0 Å². The fourth-order valence-electron chi connectivity index (χ4n) is 6.97.